The SMILES string of the molecule is CC(C)NC(=O)Nc1cccc(-c2nc(-c3ccc(N4CCOC4=O)cc3)no2)c1. The van der Waals surface area contributed by atoms with Crippen LogP contribution in [0, 0.1) is 0 Å². The van der Waals surface area contributed by atoms with Crippen molar-refractivity contribution in [3.05, 3.63) is 48.5 Å². The smallest absolute Gasteiger partial charge is 0.414 e. The van der Waals surface area contributed by atoms with Crippen molar-refractivity contribution in [3.8, 4) is 22.8 Å². The number of aromatic nitrogens is 2. The summed E-state index contributed by atoms with van der Waals surface area (Å²) in [6, 6.07) is 14.2. The predicted molar refractivity (Wildman–Crippen MR) is 111 cm³/mol. The van der Waals surface area contributed by atoms with Crippen molar-refractivity contribution in [1.29, 1.82) is 0 Å². The van der Waals surface area contributed by atoms with Crippen LogP contribution in [0.25, 0.3) is 22.8 Å². The standard InChI is InChI=1S/C21H21N5O4/c1-13(2)22-20(27)23-16-5-3-4-15(12-16)19-24-18(25-30-19)14-6-8-17(9-7-14)26-10-11-29-21(26)28/h3-9,12-13H,10-11H2,1-2H3,(H2,22,23,27). The monoisotopic (exact) mass is 407 g/mol. The van der Waals surface area contributed by atoms with Gasteiger partial charge in [0.2, 0.25) is 5.82 Å². The molecule has 2 heterocycles. The van der Waals surface area contributed by atoms with E-state index in [2.05, 4.69) is 20.8 Å². The van der Waals surface area contributed by atoms with E-state index in [0.29, 0.717) is 36.1 Å². The molecule has 3 aromatic rings. The fourth-order valence-electron chi connectivity index (χ4n) is 3.04. The molecule has 0 aliphatic carbocycles. The number of cyclic esters (lactones) is 1. The van der Waals surface area contributed by atoms with Crippen LogP contribution in [0.3, 0.4) is 0 Å². The van der Waals surface area contributed by atoms with E-state index in [9.17, 15) is 9.59 Å². The first-order valence-corrected chi connectivity index (χ1v) is 9.56. The molecule has 0 bridgehead atoms. The van der Waals surface area contributed by atoms with Crippen molar-refractivity contribution < 1.29 is 18.8 Å². The van der Waals surface area contributed by atoms with E-state index in [0.717, 1.165) is 11.3 Å². The predicted octanol–water partition coefficient (Wildman–Crippen LogP) is 3.89. The van der Waals surface area contributed by atoms with E-state index in [1.165, 1.54) is 0 Å². The zero-order chi connectivity index (χ0) is 21.1. The Labute approximate surface area is 173 Å². The van der Waals surface area contributed by atoms with E-state index in [4.69, 9.17) is 9.26 Å². The first kappa shape index (κ1) is 19.4. The molecule has 0 unspecified atom stereocenters. The van der Waals surface area contributed by atoms with Gasteiger partial charge in [-0.15, -0.1) is 0 Å². The van der Waals surface area contributed by atoms with Crippen molar-refractivity contribution in [1.82, 2.24) is 15.5 Å². The maximum Gasteiger partial charge on any atom is 0.414 e. The second-order valence-electron chi connectivity index (χ2n) is 7.07. The maximum absolute atomic E-state index is 11.9. The summed E-state index contributed by atoms with van der Waals surface area (Å²) in [5.74, 6) is 0.765. The van der Waals surface area contributed by atoms with Gasteiger partial charge in [0, 0.05) is 28.5 Å². The molecular formula is C21H21N5O4. The number of nitrogens with zero attached hydrogens (tertiary/aromatic N) is 3. The molecule has 0 spiro atoms. The van der Waals surface area contributed by atoms with Crippen molar-refractivity contribution in [3.63, 3.8) is 0 Å². The minimum Gasteiger partial charge on any atom is -0.447 e. The molecule has 2 N–H and O–H groups in total. The van der Waals surface area contributed by atoms with Gasteiger partial charge in [0.05, 0.1) is 6.54 Å². The summed E-state index contributed by atoms with van der Waals surface area (Å²) < 4.78 is 10.4. The molecule has 0 radical (unpaired) electrons. The van der Waals surface area contributed by atoms with Gasteiger partial charge in [0.1, 0.15) is 6.61 Å². The van der Waals surface area contributed by atoms with Crippen LogP contribution in [-0.4, -0.2) is 41.5 Å². The van der Waals surface area contributed by atoms with Crippen LogP contribution in [0.15, 0.2) is 53.1 Å². The zero-order valence-electron chi connectivity index (χ0n) is 16.6. The van der Waals surface area contributed by atoms with Crippen LogP contribution >= 0.6 is 0 Å². The lowest BCUT2D eigenvalue weighted by atomic mass is 10.2. The molecular weight excluding hydrogens is 386 g/mol. The number of benzene rings is 2. The normalized spacial score (nSPS) is 13.4. The number of urea groups is 1. The number of carbonyl (C=O) groups is 2. The van der Waals surface area contributed by atoms with E-state index >= 15 is 0 Å². The Bertz CT molecular complexity index is 1060. The molecule has 30 heavy (non-hydrogen) atoms. The Hall–Kier alpha value is -3.88. The minimum absolute atomic E-state index is 0.0363. The van der Waals surface area contributed by atoms with Crippen molar-refractivity contribution in [2.24, 2.45) is 0 Å². The second kappa shape index (κ2) is 8.24. The molecule has 9 heteroatoms. The maximum atomic E-state index is 11.9. The molecule has 1 saturated heterocycles. The summed E-state index contributed by atoms with van der Waals surface area (Å²) in [5.41, 5.74) is 2.81. The lowest BCUT2D eigenvalue weighted by Crippen LogP contribution is -2.34. The molecule has 1 aliphatic heterocycles. The average Bonchev–Trinajstić information content (AvgIpc) is 3.37. The summed E-state index contributed by atoms with van der Waals surface area (Å²) in [4.78, 5) is 29.6. The van der Waals surface area contributed by atoms with E-state index < -0.39 is 0 Å². The van der Waals surface area contributed by atoms with Gasteiger partial charge in [-0.2, -0.15) is 4.98 Å². The molecule has 9 nitrogen and oxygen atoms in total. The van der Waals surface area contributed by atoms with Gasteiger partial charge in [-0.25, -0.2) is 9.59 Å². The van der Waals surface area contributed by atoms with E-state index in [1.54, 1.807) is 23.1 Å². The Balaban J connectivity index is 1.49. The fraction of sp³-hybridized carbons (Fsp3) is 0.238. The fourth-order valence-corrected chi connectivity index (χ4v) is 3.04. The highest BCUT2D eigenvalue weighted by Crippen LogP contribution is 2.26. The summed E-state index contributed by atoms with van der Waals surface area (Å²) in [7, 11) is 0. The number of carbonyl (C=O) groups excluding carboxylic acids is 2. The highest BCUT2D eigenvalue weighted by atomic mass is 16.6. The Morgan fingerprint density at radius 2 is 1.93 bits per heavy atom. The number of anilines is 2. The van der Waals surface area contributed by atoms with Gasteiger partial charge in [-0.05, 0) is 56.3 Å². The topological polar surface area (TPSA) is 110 Å². The highest BCUT2D eigenvalue weighted by molar-refractivity contribution is 5.90. The molecule has 0 saturated carbocycles. The third-order valence-corrected chi connectivity index (χ3v) is 4.41. The largest absolute Gasteiger partial charge is 0.447 e. The van der Waals surface area contributed by atoms with E-state index in [-0.39, 0.29) is 18.2 Å². The van der Waals surface area contributed by atoms with Crippen LogP contribution in [-0.2, 0) is 4.74 Å². The molecule has 4 rings (SSSR count). The van der Waals surface area contributed by atoms with Crippen LogP contribution in [0.5, 0.6) is 0 Å². The van der Waals surface area contributed by atoms with Gasteiger partial charge >= 0.3 is 12.1 Å². The number of hydrogen-bond donors (Lipinski definition) is 2. The van der Waals surface area contributed by atoms with Gasteiger partial charge in [-0.1, -0.05) is 11.2 Å². The van der Waals surface area contributed by atoms with Crippen molar-refractivity contribution in [2.75, 3.05) is 23.4 Å². The van der Waals surface area contributed by atoms with Crippen LogP contribution in [0.2, 0.25) is 0 Å². The highest BCUT2D eigenvalue weighted by Gasteiger charge is 2.23. The quantitative estimate of drug-likeness (QED) is 0.664. The number of ether oxygens (including phenoxy) is 1. The Kier molecular flexibility index (Phi) is 5.34. The number of nitrogens with one attached hydrogen (secondary N) is 2. The second-order valence-corrected chi connectivity index (χ2v) is 7.07. The average molecular weight is 407 g/mol. The molecule has 0 atom stereocenters. The third-order valence-electron chi connectivity index (χ3n) is 4.41. The van der Waals surface area contributed by atoms with Gasteiger partial charge < -0.3 is 19.9 Å². The van der Waals surface area contributed by atoms with Gasteiger partial charge in [0.15, 0.2) is 0 Å². The number of hydrogen-bond acceptors (Lipinski definition) is 6. The zero-order valence-corrected chi connectivity index (χ0v) is 16.6. The Morgan fingerprint density at radius 3 is 2.63 bits per heavy atom. The summed E-state index contributed by atoms with van der Waals surface area (Å²) in [5, 5.41) is 9.59. The minimum atomic E-state index is -0.347. The lowest BCUT2D eigenvalue weighted by Gasteiger charge is -2.12. The van der Waals surface area contributed by atoms with Gasteiger partial charge in [0.25, 0.3) is 5.89 Å². The first-order valence-electron chi connectivity index (χ1n) is 9.56. The molecule has 1 aliphatic rings. The first-order chi connectivity index (χ1) is 14.5. The molecule has 2 aromatic carbocycles. The number of rotatable bonds is 5. The molecule has 1 aromatic heterocycles. The van der Waals surface area contributed by atoms with Crippen LogP contribution < -0.4 is 15.5 Å². The van der Waals surface area contributed by atoms with E-state index in [1.807, 2.05) is 44.2 Å². The van der Waals surface area contributed by atoms with Crippen molar-refractivity contribution in [2.45, 2.75) is 19.9 Å². The molecule has 3 amide bonds. The lowest BCUT2D eigenvalue weighted by molar-refractivity contribution is 0.181. The Morgan fingerprint density at radius 1 is 1.13 bits per heavy atom. The third kappa shape index (κ3) is 4.24. The van der Waals surface area contributed by atoms with Crippen LogP contribution in [0.1, 0.15) is 13.8 Å². The van der Waals surface area contributed by atoms with Crippen molar-refractivity contribution >= 4 is 23.5 Å². The van der Waals surface area contributed by atoms with Gasteiger partial charge in [-0.3, -0.25) is 4.90 Å². The summed E-state index contributed by atoms with van der Waals surface area (Å²) in [6.45, 7) is 4.70. The summed E-state index contributed by atoms with van der Waals surface area (Å²) in [6.07, 6.45) is -0.347. The molecule has 1 fully saturated rings. The molecule has 154 valence electrons. The van der Waals surface area contributed by atoms with Crippen LogP contribution in [0.4, 0.5) is 21.0 Å². The summed E-state index contributed by atoms with van der Waals surface area (Å²) >= 11 is 0. The number of amides is 3.